The number of halogens is 1. The largest absolute Gasteiger partial charge is 0.321 e. The lowest BCUT2D eigenvalue weighted by Gasteiger charge is -2.29. The highest BCUT2D eigenvalue weighted by atomic mass is 35.5. The molecule has 4 rings (SSSR count). The Balaban J connectivity index is 1.82. The van der Waals surface area contributed by atoms with Gasteiger partial charge in [0.1, 0.15) is 0 Å². The van der Waals surface area contributed by atoms with Gasteiger partial charge in [-0.25, -0.2) is 0 Å². The maximum Gasteiger partial charge on any atom is 0.256 e. The van der Waals surface area contributed by atoms with Crippen LogP contribution in [-0.4, -0.2) is 34.7 Å². The number of carbonyl (C=O) groups is 2. The zero-order valence-corrected chi connectivity index (χ0v) is 17.2. The number of carbonyl (C=O) groups excluding carboxylic acids is 2. The first-order valence-corrected chi connectivity index (χ1v) is 10.1. The van der Waals surface area contributed by atoms with Crippen molar-refractivity contribution in [2.45, 2.75) is 26.8 Å². The van der Waals surface area contributed by atoms with Crippen LogP contribution in [0.25, 0.3) is 10.9 Å². The second-order valence-corrected chi connectivity index (χ2v) is 7.66. The lowest BCUT2D eigenvalue weighted by atomic mass is 9.95. The maximum absolute atomic E-state index is 13.4. The average Bonchev–Trinajstić information content (AvgIpc) is 2.72. The van der Waals surface area contributed by atoms with E-state index in [1.54, 1.807) is 18.2 Å². The second-order valence-electron chi connectivity index (χ2n) is 7.25. The van der Waals surface area contributed by atoms with Gasteiger partial charge >= 0.3 is 0 Å². The summed E-state index contributed by atoms with van der Waals surface area (Å²) < 4.78 is 0. The molecule has 6 heteroatoms. The van der Waals surface area contributed by atoms with E-state index in [-0.39, 0.29) is 11.7 Å². The van der Waals surface area contributed by atoms with E-state index in [0.717, 1.165) is 41.7 Å². The molecule has 0 bridgehead atoms. The van der Waals surface area contributed by atoms with Crippen molar-refractivity contribution in [3.8, 4) is 0 Å². The van der Waals surface area contributed by atoms with E-state index in [0.29, 0.717) is 28.4 Å². The molecule has 1 N–H and O–H groups in total. The molecule has 0 aliphatic carbocycles. The van der Waals surface area contributed by atoms with Crippen LogP contribution in [0.2, 0.25) is 5.02 Å². The van der Waals surface area contributed by atoms with Gasteiger partial charge in [-0.05, 0) is 37.7 Å². The van der Waals surface area contributed by atoms with Gasteiger partial charge in [-0.2, -0.15) is 0 Å². The Morgan fingerprint density at radius 2 is 2.00 bits per heavy atom. The van der Waals surface area contributed by atoms with Gasteiger partial charge in [0.2, 0.25) is 0 Å². The number of hydrogen-bond donors (Lipinski definition) is 1. The molecule has 5 nitrogen and oxygen atoms in total. The average molecular weight is 408 g/mol. The molecule has 0 radical (unpaired) electrons. The first-order chi connectivity index (χ1) is 14.0. The standard InChI is InChI=1S/C23H22ClN3O2/c1-3-27-11-10-20-17(13-27)22(16-6-4-5-7-19(16)25-20)23(29)26-21-12-15(14(2)28)8-9-18(21)24/h4-9,12H,3,10-11,13H2,1-2H3,(H,26,29). The molecule has 1 aromatic heterocycles. The van der Waals surface area contributed by atoms with Gasteiger partial charge in [0.25, 0.3) is 5.91 Å². The SMILES string of the molecule is CCN1CCc2nc3ccccc3c(C(=O)Nc3cc(C(C)=O)ccc3Cl)c2C1. The molecule has 0 atom stereocenters. The Hall–Kier alpha value is -2.76. The van der Waals surface area contributed by atoms with Crippen molar-refractivity contribution < 1.29 is 9.59 Å². The molecule has 29 heavy (non-hydrogen) atoms. The molecule has 0 saturated heterocycles. The van der Waals surface area contributed by atoms with Gasteiger partial charge in [-0.1, -0.05) is 36.7 Å². The number of para-hydroxylation sites is 1. The van der Waals surface area contributed by atoms with Gasteiger partial charge < -0.3 is 5.32 Å². The molecule has 2 heterocycles. The van der Waals surface area contributed by atoms with E-state index in [1.165, 1.54) is 6.92 Å². The molecule has 3 aromatic rings. The third-order valence-electron chi connectivity index (χ3n) is 5.42. The number of anilines is 1. The van der Waals surface area contributed by atoms with Gasteiger partial charge in [-0.3, -0.25) is 19.5 Å². The zero-order chi connectivity index (χ0) is 20.5. The number of ketones is 1. The van der Waals surface area contributed by atoms with Gasteiger partial charge in [0.15, 0.2) is 5.78 Å². The van der Waals surface area contributed by atoms with E-state index >= 15 is 0 Å². The van der Waals surface area contributed by atoms with Gasteiger partial charge in [0, 0.05) is 41.7 Å². The van der Waals surface area contributed by atoms with Crippen LogP contribution in [0, 0.1) is 0 Å². The van der Waals surface area contributed by atoms with Crippen LogP contribution in [-0.2, 0) is 13.0 Å². The van der Waals surface area contributed by atoms with Crippen LogP contribution >= 0.6 is 11.6 Å². The minimum atomic E-state index is -0.236. The van der Waals surface area contributed by atoms with Crippen LogP contribution in [0.4, 0.5) is 5.69 Å². The van der Waals surface area contributed by atoms with E-state index in [4.69, 9.17) is 16.6 Å². The van der Waals surface area contributed by atoms with Crippen molar-refractivity contribution in [3.05, 3.63) is 69.9 Å². The van der Waals surface area contributed by atoms with Crippen LogP contribution in [0.15, 0.2) is 42.5 Å². The minimum absolute atomic E-state index is 0.0810. The molecular formula is C23H22ClN3O2. The molecule has 148 valence electrons. The number of amides is 1. The van der Waals surface area contributed by atoms with Crippen LogP contribution in [0.3, 0.4) is 0 Å². The van der Waals surface area contributed by atoms with E-state index < -0.39 is 0 Å². The first-order valence-electron chi connectivity index (χ1n) is 9.72. The number of benzene rings is 2. The molecular weight excluding hydrogens is 386 g/mol. The third-order valence-corrected chi connectivity index (χ3v) is 5.75. The molecule has 0 unspecified atom stereocenters. The number of rotatable bonds is 4. The Morgan fingerprint density at radius 1 is 1.21 bits per heavy atom. The number of likely N-dealkylation sites (N-methyl/N-ethyl adjacent to an activating group) is 1. The Kier molecular flexibility index (Phi) is 5.35. The van der Waals surface area contributed by atoms with Crippen molar-refractivity contribution in [1.82, 2.24) is 9.88 Å². The Bertz CT molecular complexity index is 1130. The molecule has 0 saturated carbocycles. The van der Waals surface area contributed by atoms with Crippen molar-refractivity contribution in [3.63, 3.8) is 0 Å². The monoisotopic (exact) mass is 407 g/mol. The summed E-state index contributed by atoms with van der Waals surface area (Å²) in [7, 11) is 0. The highest BCUT2D eigenvalue weighted by Gasteiger charge is 2.25. The highest BCUT2D eigenvalue weighted by Crippen LogP contribution is 2.30. The number of fused-ring (bicyclic) bond motifs is 2. The number of Topliss-reactive ketones (excluding diaryl/α,β-unsaturated/α-hetero) is 1. The predicted octanol–water partition coefficient (Wildman–Crippen LogP) is 4.72. The smallest absolute Gasteiger partial charge is 0.256 e. The van der Waals surface area contributed by atoms with Gasteiger partial charge in [0.05, 0.1) is 21.8 Å². The molecule has 2 aromatic carbocycles. The minimum Gasteiger partial charge on any atom is -0.321 e. The Labute approximate surface area is 174 Å². The molecule has 1 aliphatic heterocycles. The van der Waals surface area contributed by atoms with Crippen LogP contribution in [0.5, 0.6) is 0 Å². The quantitative estimate of drug-likeness (QED) is 0.635. The summed E-state index contributed by atoms with van der Waals surface area (Å²) >= 11 is 6.29. The predicted molar refractivity (Wildman–Crippen MR) is 116 cm³/mol. The number of pyridine rings is 1. The number of nitrogens with one attached hydrogen (secondary N) is 1. The lowest BCUT2D eigenvalue weighted by Crippen LogP contribution is -2.33. The van der Waals surface area contributed by atoms with Crippen molar-refractivity contribution in [2.24, 2.45) is 0 Å². The van der Waals surface area contributed by atoms with Gasteiger partial charge in [-0.15, -0.1) is 0 Å². The third kappa shape index (κ3) is 3.76. The number of nitrogens with zero attached hydrogens (tertiary/aromatic N) is 2. The number of aromatic nitrogens is 1. The van der Waals surface area contributed by atoms with Crippen molar-refractivity contribution >= 4 is 39.9 Å². The summed E-state index contributed by atoms with van der Waals surface area (Å²) in [6, 6.07) is 12.6. The normalized spacial score (nSPS) is 13.9. The molecule has 1 aliphatic rings. The summed E-state index contributed by atoms with van der Waals surface area (Å²) in [5.41, 5.74) is 4.32. The van der Waals surface area contributed by atoms with E-state index in [9.17, 15) is 9.59 Å². The van der Waals surface area contributed by atoms with Crippen LogP contribution in [0.1, 0.15) is 45.8 Å². The summed E-state index contributed by atoms with van der Waals surface area (Å²) in [4.78, 5) is 32.3. The fourth-order valence-corrected chi connectivity index (χ4v) is 3.96. The Morgan fingerprint density at radius 3 is 2.76 bits per heavy atom. The molecule has 0 fully saturated rings. The second kappa shape index (κ2) is 7.93. The summed E-state index contributed by atoms with van der Waals surface area (Å²) in [6.45, 7) is 6.14. The number of hydrogen-bond acceptors (Lipinski definition) is 4. The van der Waals surface area contributed by atoms with Crippen molar-refractivity contribution in [1.29, 1.82) is 0 Å². The first kappa shape index (κ1) is 19.6. The zero-order valence-electron chi connectivity index (χ0n) is 16.5. The van der Waals surface area contributed by atoms with E-state index in [1.807, 2.05) is 24.3 Å². The van der Waals surface area contributed by atoms with Crippen molar-refractivity contribution in [2.75, 3.05) is 18.4 Å². The molecule has 1 amide bonds. The lowest BCUT2D eigenvalue weighted by molar-refractivity contribution is 0.101. The molecule has 0 spiro atoms. The van der Waals surface area contributed by atoms with Crippen LogP contribution < -0.4 is 5.32 Å². The summed E-state index contributed by atoms with van der Waals surface area (Å²) in [5, 5.41) is 4.14. The summed E-state index contributed by atoms with van der Waals surface area (Å²) in [6.07, 6.45) is 0.814. The topological polar surface area (TPSA) is 62.3 Å². The fraction of sp³-hybridized carbons (Fsp3) is 0.261. The summed E-state index contributed by atoms with van der Waals surface area (Å²) in [5.74, 6) is -0.317. The highest BCUT2D eigenvalue weighted by molar-refractivity contribution is 6.34. The fourth-order valence-electron chi connectivity index (χ4n) is 3.80. The maximum atomic E-state index is 13.4. The van der Waals surface area contributed by atoms with E-state index in [2.05, 4.69) is 17.1 Å².